The van der Waals surface area contributed by atoms with Gasteiger partial charge in [0.25, 0.3) is 5.78 Å². The van der Waals surface area contributed by atoms with E-state index in [1.54, 1.807) is 19.1 Å². The highest BCUT2D eigenvalue weighted by atomic mass is 16.5. The minimum Gasteiger partial charge on any atom is -0.462 e. The average Bonchev–Trinajstić information content (AvgIpc) is 2.73. The van der Waals surface area contributed by atoms with Crippen molar-refractivity contribution in [1.82, 2.24) is 0 Å². The lowest BCUT2D eigenvalue weighted by atomic mass is 10.0. The average molecular weight is 416 g/mol. The molecule has 0 unspecified atom stereocenters. The van der Waals surface area contributed by atoms with Crippen LogP contribution in [0.2, 0.25) is 0 Å². The lowest BCUT2D eigenvalue weighted by Crippen LogP contribution is -2.26. The highest BCUT2D eigenvalue weighted by Gasteiger charge is 2.30. The quantitative estimate of drug-likeness (QED) is 0.159. The second-order valence-corrected chi connectivity index (χ2v) is 5.72. The number of carbonyl (C=O) groups excluding carboxylic acids is 4. The summed E-state index contributed by atoms with van der Waals surface area (Å²) in [6, 6.07) is 6.10. The van der Waals surface area contributed by atoms with Gasteiger partial charge in [0.05, 0.1) is 30.8 Å². The maximum absolute atomic E-state index is 13.0. The smallest absolute Gasteiger partial charge is 0.379 e. The highest BCUT2D eigenvalue weighted by molar-refractivity contribution is 6.47. The molecule has 0 aliphatic rings. The zero-order valence-corrected chi connectivity index (χ0v) is 16.7. The maximum Gasteiger partial charge on any atom is 0.379 e. The molecule has 0 bridgehead atoms. The maximum atomic E-state index is 13.0. The molecule has 0 atom stereocenters. The Balaban J connectivity index is 2.79. The molecule has 0 saturated heterocycles. The first kappa shape index (κ1) is 22.5. The molecule has 1 heterocycles. The first-order valence-corrected chi connectivity index (χ1v) is 9.18. The van der Waals surface area contributed by atoms with E-state index in [0.717, 1.165) is 6.08 Å². The van der Waals surface area contributed by atoms with Crippen LogP contribution in [0.4, 0.5) is 0 Å². The van der Waals surface area contributed by atoms with Gasteiger partial charge in [0, 0.05) is 0 Å². The van der Waals surface area contributed by atoms with Gasteiger partial charge in [-0.3, -0.25) is 9.59 Å². The van der Waals surface area contributed by atoms with E-state index in [4.69, 9.17) is 13.9 Å². The van der Waals surface area contributed by atoms with Crippen LogP contribution in [0.3, 0.4) is 0 Å². The zero-order chi connectivity index (χ0) is 22.3. The first-order chi connectivity index (χ1) is 14.3. The lowest BCUT2D eigenvalue weighted by molar-refractivity contribution is -0.153. The van der Waals surface area contributed by atoms with Gasteiger partial charge in [0.2, 0.25) is 11.2 Å². The van der Waals surface area contributed by atoms with Crippen molar-refractivity contribution in [2.75, 3.05) is 19.8 Å². The predicted octanol–water partition coefficient (Wildman–Crippen LogP) is 2.05. The number of ether oxygens (including phenoxy) is 3. The van der Waals surface area contributed by atoms with Gasteiger partial charge < -0.3 is 18.6 Å². The number of esters is 3. The van der Waals surface area contributed by atoms with Gasteiger partial charge in [-0.25, -0.2) is 14.4 Å². The minimum atomic E-state index is -1.32. The Morgan fingerprint density at radius 1 is 0.900 bits per heavy atom. The van der Waals surface area contributed by atoms with Crippen molar-refractivity contribution in [2.24, 2.45) is 0 Å². The third kappa shape index (κ3) is 4.80. The van der Waals surface area contributed by atoms with Crippen LogP contribution in [-0.2, 0) is 28.6 Å². The van der Waals surface area contributed by atoms with Crippen molar-refractivity contribution in [3.05, 3.63) is 51.4 Å². The number of Topliss-reactive ketones (excluding diaryl/α,β-unsaturated/α-hetero) is 1. The van der Waals surface area contributed by atoms with Gasteiger partial charge in [-0.05, 0) is 39.0 Å². The number of benzene rings is 1. The summed E-state index contributed by atoms with van der Waals surface area (Å²) in [5.41, 5.74) is -1.79. The molecule has 0 amide bonds. The Kier molecular flexibility index (Phi) is 7.62. The fourth-order valence-electron chi connectivity index (χ4n) is 2.51. The van der Waals surface area contributed by atoms with Crippen LogP contribution in [0.25, 0.3) is 17.0 Å². The Labute approximate surface area is 171 Å². The lowest BCUT2D eigenvalue weighted by Gasteiger charge is -2.09. The largest absolute Gasteiger partial charge is 0.462 e. The standard InChI is InChI=1S/C21H20O9/c1-4-27-19(24)14(17(23)20(25)28-5-2)11-13-16(22)12-9-7-8-10-15(12)30-18(13)21(26)29-6-3/h7-11H,4-6H2,1-3H3/b14-11-. The monoisotopic (exact) mass is 416 g/mol. The van der Waals surface area contributed by atoms with Gasteiger partial charge in [-0.15, -0.1) is 0 Å². The molecule has 1 aromatic heterocycles. The van der Waals surface area contributed by atoms with Gasteiger partial charge in [-0.2, -0.15) is 0 Å². The second kappa shape index (κ2) is 10.1. The van der Waals surface area contributed by atoms with E-state index in [0.29, 0.717) is 0 Å². The van der Waals surface area contributed by atoms with E-state index >= 15 is 0 Å². The second-order valence-electron chi connectivity index (χ2n) is 5.72. The van der Waals surface area contributed by atoms with Crippen LogP contribution in [0, 0.1) is 0 Å². The van der Waals surface area contributed by atoms with Gasteiger partial charge in [-0.1, -0.05) is 12.1 Å². The Morgan fingerprint density at radius 3 is 2.13 bits per heavy atom. The molecule has 9 heteroatoms. The number of ketones is 1. The van der Waals surface area contributed by atoms with Crippen molar-refractivity contribution >= 4 is 40.7 Å². The first-order valence-electron chi connectivity index (χ1n) is 9.18. The molecule has 30 heavy (non-hydrogen) atoms. The summed E-state index contributed by atoms with van der Waals surface area (Å²) in [5.74, 6) is -5.27. The van der Waals surface area contributed by atoms with Crippen LogP contribution in [0.15, 0.2) is 39.1 Å². The third-order valence-electron chi connectivity index (χ3n) is 3.78. The van der Waals surface area contributed by atoms with Gasteiger partial charge in [0.1, 0.15) is 11.2 Å². The SMILES string of the molecule is CCOC(=O)C(=O)/C(=C/c1c(C(=O)OCC)oc2ccccc2c1=O)C(=O)OCC. The molecule has 0 radical (unpaired) electrons. The van der Waals surface area contributed by atoms with E-state index in [1.165, 1.54) is 26.0 Å². The highest BCUT2D eigenvalue weighted by Crippen LogP contribution is 2.20. The zero-order valence-electron chi connectivity index (χ0n) is 16.7. The minimum absolute atomic E-state index is 0.00891. The molecule has 0 spiro atoms. The molecule has 0 fully saturated rings. The van der Waals surface area contributed by atoms with Crippen LogP contribution in [-0.4, -0.2) is 43.5 Å². The van der Waals surface area contributed by atoms with E-state index < -0.39 is 46.0 Å². The number of hydrogen-bond donors (Lipinski definition) is 0. The molecule has 2 aromatic rings. The van der Waals surface area contributed by atoms with Crippen LogP contribution in [0.5, 0.6) is 0 Å². The van der Waals surface area contributed by atoms with Crippen LogP contribution in [0.1, 0.15) is 36.9 Å². The number of para-hydroxylation sites is 1. The number of rotatable bonds is 8. The number of hydrogen-bond acceptors (Lipinski definition) is 9. The Bertz CT molecular complexity index is 1080. The molecule has 158 valence electrons. The predicted molar refractivity (Wildman–Crippen MR) is 105 cm³/mol. The van der Waals surface area contributed by atoms with Crippen molar-refractivity contribution in [3.63, 3.8) is 0 Å². The molecular formula is C21H20O9. The van der Waals surface area contributed by atoms with Crippen molar-refractivity contribution < 1.29 is 37.8 Å². The van der Waals surface area contributed by atoms with E-state index in [-0.39, 0.29) is 30.8 Å². The van der Waals surface area contributed by atoms with Crippen LogP contribution >= 0.6 is 0 Å². The molecule has 2 rings (SSSR count). The van der Waals surface area contributed by atoms with Crippen molar-refractivity contribution in [1.29, 1.82) is 0 Å². The summed E-state index contributed by atoms with van der Waals surface area (Å²) in [4.78, 5) is 62.0. The molecule has 0 saturated carbocycles. The van der Waals surface area contributed by atoms with E-state index in [2.05, 4.69) is 4.74 Å². The molecule has 0 aliphatic heterocycles. The summed E-state index contributed by atoms with van der Waals surface area (Å²) in [6.07, 6.45) is 0.793. The fraction of sp³-hybridized carbons (Fsp3) is 0.286. The van der Waals surface area contributed by atoms with E-state index in [1.807, 2.05) is 0 Å². The summed E-state index contributed by atoms with van der Waals surface area (Å²) < 4.78 is 19.9. The molecule has 0 aliphatic carbocycles. The Hall–Kier alpha value is -3.75. The summed E-state index contributed by atoms with van der Waals surface area (Å²) in [5, 5.41) is 0.101. The molecule has 0 N–H and O–H groups in total. The van der Waals surface area contributed by atoms with E-state index in [9.17, 15) is 24.0 Å². The summed E-state index contributed by atoms with van der Waals surface area (Å²) in [6.45, 7) is 4.33. The molecule has 9 nitrogen and oxygen atoms in total. The van der Waals surface area contributed by atoms with Crippen molar-refractivity contribution in [3.8, 4) is 0 Å². The van der Waals surface area contributed by atoms with Gasteiger partial charge in [0.15, 0.2) is 0 Å². The van der Waals surface area contributed by atoms with Gasteiger partial charge >= 0.3 is 17.9 Å². The summed E-state index contributed by atoms with van der Waals surface area (Å²) >= 11 is 0. The van der Waals surface area contributed by atoms with Crippen LogP contribution < -0.4 is 5.43 Å². The molecular weight excluding hydrogens is 396 g/mol. The number of carbonyl (C=O) groups is 4. The van der Waals surface area contributed by atoms with Crippen molar-refractivity contribution in [2.45, 2.75) is 20.8 Å². The number of fused-ring (bicyclic) bond motifs is 1. The summed E-state index contributed by atoms with van der Waals surface area (Å²) in [7, 11) is 0. The molecule has 1 aromatic carbocycles. The normalized spacial score (nSPS) is 11.1. The third-order valence-corrected chi connectivity index (χ3v) is 3.78. The topological polar surface area (TPSA) is 126 Å². The fourth-order valence-corrected chi connectivity index (χ4v) is 2.51. The Morgan fingerprint density at radius 2 is 1.50 bits per heavy atom.